The van der Waals surface area contributed by atoms with E-state index in [0.29, 0.717) is 34.9 Å². The fourth-order valence-corrected chi connectivity index (χ4v) is 6.25. The van der Waals surface area contributed by atoms with Crippen molar-refractivity contribution < 1.29 is 21.6 Å². The summed E-state index contributed by atoms with van der Waals surface area (Å²) in [7, 11) is -7.57. The van der Waals surface area contributed by atoms with E-state index in [2.05, 4.69) is 20.2 Å². The van der Waals surface area contributed by atoms with Crippen LogP contribution in [0.3, 0.4) is 0 Å². The van der Waals surface area contributed by atoms with Gasteiger partial charge in [-0.15, -0.1) is 10.2 Å². The molecule has 4 aromatic rings. The molecule has 1 aliphatic heterocycles. The second-order valence-electron chi connectivity index (χ2n) is 9.10. The van der Waals surface area contributed by atoms with Crippen molar-refractivity contribution >= 4 is 42.3 Å². The van der Waals surface area contributed by atoms with Gasteiger partial charge < -0.3 is 10.1 Å². The second-order valence-corrected chi connectivity index (χ2v) is 12.4. The molecular formula is C26H27N5O5S2. The van der Waals surface area contributed by atoms with Crippen molar-refractivity contribution in [2.45, 2.75) is 35.7 Å². The lowest BCUT2D eigenvalue weighted by Gasteiger charge is -2.15. The molecule has 0 spiro atoms. The number of hydrogen-bond acceptors (Lipinski definition) is 8. The van der Waals surface area contributed by atoms with E-state index >= 15 is 0 Å². The standard InChI is InChI=1S/C26H27N5O5S2/c1-17-8-9-18(15-24(17)38(34,35)28-16-20-5-4-14-36-20)25-22-6-2-3-7-23(22)26(31-30-25)29-19-10-12-21(13-11-19)37(27,32)33/h2-3,6-13,15,20,28H,4-5,14,16H2,1H3,(H,29,31)(H2,27,32,33)/t20-/m1/s1. The number of aromatic nitrogens is 2. The number of ether oxygens (including phenoxy) is 1. The molecule has 5 rings (SSSR count). The van der Waals surface area contributed by atoms with Crippen molar-refractivity contribution in [2.75, 3.05) is 18.5 Å². The Morgan fingerprint density at radius 2 is 1.71 bits per heavy atom. The zero-order chi connectivity index (χ0) is 26.9. The van der Waals surface area contributed by atoms with Crippen LogP contribution in [-0.4, -0.2) is 46.3 Å². The third kappa shape index (κ3) is 5.54. The first-order valence-electron chi connectivity index (χ1n) is 12.0. The molecule has 0 amide bonds. The molecule has 10 nitrogen and oxygen atoms in total. The fraction of sp³-hybridized carbons (Fsp3) is 0.231. The number of fused-ring (bicyclic) bond motifs is 1. The number of nitrogens with two attached hydrogens (primary N) is 1. The number of aryl methyl sites for hydroxylation is 1. The molecule has 1 aliphatic rings. The summed E-state index contributed by atoms with van der Waals surface area (Å²) in [5.74, 6) is 0.464. The predicted octanol–water partition coefficient (Wildman–Crippen LogP) is 3.45. The van der Waals surface area contributed by atoms with E-state index in [1.54, 1.807) is 31.2 Å². The van der Waals surface area contributed by atoms with Crippen LogP contribution in [0.2, 0.25) is 0 Å². The highest BCUT2D eigenvalue weighted by atomic mass is 32.2. The molecule has 0 unspecified atom stereocenters. The topological polar surface area (TPSA) is 153 Å². The number of nitrogens with one attached hydrogen (secondary N) is 2. The highest BCUT2D eigenvalue weighted by Crippen LogP contribution is 2.33. The Bertz CT molecular complexity index is 1700. The van der Waals surface area contributed by atoms with E-state index in [0.717, 1.165) is 23.6 Å². The van der Waals surface area contributed by atoms with Crippen LogP contribution in [0.1, 0.15) is 18.4 Å². The van der Waals surface area contributed by atoms with Crippen LogP contribution >= 0.6 is 0 Å². The minimum Gasteiger partial charge on any atom is -0.377 e. The minimum atomic E-state index is -3.80. The smallest absolute Gasteiger partial charge is 0.240 e. The first-order valence-corrected chi connectivity index (χ1v) is 15.0. The molecule has 0 bridgehead atoms. The molecule has 1 aromatic heterocycles. The lowest BCUT2D eigenvalue weighted by molar-refractivity contribution is 0.114. The van der Waals surface area contributed by atoms with Crippen molar-refractivity contribution in [1.29, 1.82) is 0 Å². The summed E-state index contributed by atoms with van der Waals surface area (Å²) in [5.41, 5.74) is 2.37. The maximum absolute atomic E-state index is 13.1. The van der Waals surface area contributed by atoms with Gasteiger partial charge in [-0.2, -0.15) is 0 Å². The Morgan fingerprint density at radius 1 is 0.974 bits per heavy atom. The molecule has 38 heavy (non-hydrogen) atoms. The number of hydrogen-bond donors (Lipinski definition) is 3. The van der Waals surface area contributed by atoms with Crippen LogP contribution in [0.25, 0.3) is 22.0 Å². The highest BCUT2D eigenvalue weighted by Gasteiger charge is 2.23. The average molecular weight is 554 g/mol. The third-order valence-electron chi connectivity index (χ3n) is 6.41. The number of sulfonamides is 2. The van der Waals surface area contributed by atoms with Crippen LogP contribution < -0.4 is 15.2 Å². The summed E-state index contributed by atoms with van der Waals surface area (Å²) in [6.07, 6.45) is 1.65. The summed E-state index contributed by atoms with van der Waals surface area (Å²) in [6, 6.07) is 18.7. The average Bonchev–Trinajstić information content (AvgIpc) is 3.42. The van der Waals surface area contributed by atoms with Crippen molar-refractivity contribution in [3.05, 3.63) is 72.3 Å². The molecule has 0 radical (unpaired) electrons. The lowest BCUT2D eigenvalue weighted by atomic mass is 10.0. The van der Waals surface area contributed by atoms with Crippen LogP contribution in [0.4, 0.5) is 11.5 Å². The summed E-state index contributed by atoms with van der Waals surface area (Å²) in [4.78, 5) is 0.181. The summed E-state index contributed by atoms with van der Waals surface area (Å²) in [6.45, 7) is 2.63. The Kier molecular flexibility index (Phi) is 7.16. The van der Waals surface area contributed by atoms with Crippen molar-refractivity contribution in [2.24, 2.45) is 5.14 Å². The first kappa shape index (κ1) is 26.2. The van der Waals surface area contributed by atoms with Crippen LogP contribution in [0, 0.1) is 6.92 Å². The van der Waals surface area contributed by atoms with Crippen molar-refractivity contribution in [3.63, 3.8) is 0 Å². The van der Waals surface area contributed by atoms with Gasteiger partial charge in [-0.1, -0.05) is 36.4 Å². The van der Waals surface area contributed by atoms with Crippen LogP contribution in [0.15, 0.2) is 76.5 Å². The molecule has 12 heteroatoms. The normalized spacial score (nSPS) is 16.1. The zero-order valence-corrected chi connectivity index (χ0v) is 22.2. The summed E-state index contributed by atoms with van der Waals surface area (Å²) < 4.78 is 57.6. The lowest BCUT2D eigenvalue weighted by Crippen LogP contribution is -2.32. The SMILES string of the molecule is Cc1ccc(-c2nnc(Nc3ccc(S(N)(=O)=O)cc3)c3ccccc23)cc1S(=O)(=O)NC[C@H]1CCCO1. The summed E-state index contributed by atoms with van der Waals surface area (Å²) in [5, 5.41) is 18.7. The first-order chi connectivity index (χ1) is 18.1. The monoisotopic (exact) mass is 553 g/mol. The van der Waals surface area contributed by atoms with Gasteiger partial charge in [-0.25, -0.2) is 26.7 Å². The number of nitrogens with zero attached hydrogens (tertiary/aromatic N) is 2. The van der Waals surface area contributed by atoms with Crippen molar-refractivity contribution in [3.8, 4) is 11.3 Å². The quantitative estimate of drug-likeness (QED) is 0.300. The molecule has 0 saturated carbocycles. The highest BCUT2D eigenvalue weighted by molar-refractivity contribution is 7.89. The van der Waals surface area contributed by atoms with Gasteiger partial charge in [0.05, 0.1) is 15.9 Å². The van der Waals surface area contributed by atoms with Gasteiger partial charge in [0.25, 0.3) is 0 Å². The van der Waals surface area contributed by atoms with Crippen molar-refractivity contribution in [1.82, 2.24) is 14.9 Å². The van der Waals surface area contributed by atoms with Crippen LogP contribution in [-0.2, 0) is 24.8 Å². The van der Waals surface area contributed by atoms with E-state index in [1.807, 2.05) is 30.3 Å². The van der Waals surface area contributed by atoms with E-state index < -0.39 is 20.0 Å². The Labute approximate surface area is 221 Å². The van der Waals surface area contributed by atoms with Gasteiger partial charge in [-0.3, -0.25) is 0 Å². The fourth-order valence-electron chi connectivity index (χ4n) is 4.40. The van der Waals surface area contributed by atoms with Gasteiger partial charge in [0.1, 0.15) is 5.69 Å². The Morgan fingerprint density at radius 3 is 2.39 bits per heavy atom. The number of primary sulfonamides is 1. The minimum absolute atomic E-state index is 0.00438. The van der Waals surface area contributed by atoms with E-state index in [-0.39, 0.29) is 22.4 Å². The van der Waals surface area contributed by atoms with E-state index in [9.17, 15) is 16.8 Å². The Hall–Kier alpha value is -3.42. The molecule has 0 aliphatic carbocycles. The number of anilines is 2. The molecule has 198 valence electrons. The Balaban J connectivity index is 1.48. The molecular weight excluding hydrogens is 526 g/mol. The summed E-state index contributed by atoms with van der Waals surface area (Å²) >= 11 is 0. The molecule has 1 atom stereocenters. The number of benzene rings is 3. The van der Waals surface area contributed by atoms with Gasteiger partial charge in [-0.05, 0) is 55.7 Å². The van der Waals surface area contributed by atoms with Gasteiger partial charge >= 0.3 is 0 Å². The van der Waals surface area contributed by atoms with Crippen LogP contribution in [0.5, 0.6) is 0 Å². The maximum Gasteiger partial charge on any atom is 0.240 e. The second kappa shape index (κ2) is 10.4. The molecule has 3 aromatic carbocycles. The maximum atomic E-state index is 13.1. The molecule has 1 saturated heterocycles. The number of rotatable bonds is 8. The zero-order valence-electron chi connectivity index (χ0n) is 20.6. The molecule has 4 N–H and O–H groups in total. The largest absolute Gasteiger partial charge is 0.377 e. The van der Waals surface area contributed by atoms with E-state index in [1.165, 1.54) is 12.1 Å². The molecule has 2 heterocycles. The van der Waals surface area contributed by atoms with Gasteiger partial charge in [0.2, 0.25) is 20.0 Å². The van der Waals surface area contributed by atoms with Gasteiger partial charge in [0, 0.05) is 35.2 Å². The molecule has 1 fully saturated rings. The predicted molar refractivity (Wildman–Crippen MR) is 145 cm³/mol. The third-order valence-corrected chi connectivity index (χ3v) is 8.90. The van der Waals surface area contributed by atoms with Gasteiger partial charge in [0.15, 0.2) is 5.82 Å². The van der Waals surface area contributed by atoms with E-state index in [4.69, 9.17) is 9.88 Å².